The summed E-state index contributed by atoms with van der Waals surface area (Å²) in [6, 6.07) is 16.1. The van der Waals surface area contributed by atoms with Crippen LogP contribution in [0.2, 0.25) is 0 Å². The van der Waals surface area contributed by atoms with Crippen LogP contribution in [0.1, 0.15) is 40.5 Å². The van der Waals surface area contributed by atoms with E-state index in [1.165, 1.54) is 5.56 Å². The zero-order chi connectivity index (χ0) is 22.1. The van der Waals surface area contributed by atoms with Gasteiger partial charge in [-0.1, -0.05) is 33.3 Å². The van der Waals surface area contributed by atoms with E-state index in [1.807, 2.05) is 46.0 Å². The molecule has 0 unspecified atom stereocenters. The van der Waals surface area contributed by atoms with Crippen molar-refractivity contribution in [3.8, 4) is 11.4 Å². The van der Waals surface area contributed by atoms with Crippen molar-refractivity contribution in [2.45, 2.75) is 25.3 Å². The molecular formula is C24H26BrN5O2. The molecule has 1 aromatic heterocycles. The molecule has 0 radical (unpaired) electrons. The highest BCUT2D eigenvalue weighted by atomic mass is 79.9. The van der Waals surface area contributed by atoms with E-state index < -0.39 is 0 Å². The van der Waals surface area contributed by atoms with E-state index >= 15 is 0 Å². The topological polar surface area (TPSA) is 63.5 Å². The number of halogens is 1. The van der Waals surface area contributed by atoms with E-state index in [2.05, 4.69) is 43.3 Å². The maximum atomic E-state index is 13.4. The van der Waals surface area contributed by atoms with Crippen LogP contribution in [0.5, 0.6) is 5.75 Å². The van der Waals surface area contributed by atoms with Gasteiger partial charge < -0.3 is 9.64 Å². The van der Waals surface area contributed by atoms with Crippen LogP contribution in [0, 0.1) is 0 Å². The van der Waals surface area contributed by atoms with Crippen molar-refractivity contribution in [3.05, 3.63) is 70.0 Å². The molecule has 1 saturated heterocycles. The number of hydrogen-bond donors (Lipinski definition) is 0. The Morgan fingerprint density at radius 3 is 2.34 bits per heavy atom. The molecule has 7 nitrogen and oxygen atoms in total. The Hall–Kier alpha value is -2.71. The van der Waals surface area contributed by atoms with Crippen LogP contribution in [-0.4, -0.2) is 64.0 Å². The lowest BCUT2D eigenvalue weighted by Gasteiger charge is -2.34. The maximum absolute atomic E-state index is 13.4. The number of aromatic nitrogens is 3. The SMILES string of the molecule is COc1ccc(CN2CCN(C(=O)c3nnn(-c4ccc(Br)cc4)c3C3CC3)CC2)cc1. The summed E-state index contributed by atoms with van der Waals surface area (Å²) < 4.78 is 8.09. The number of nitrogens with zero attached hydrogens (tertiary/aromatic N) is 5. The average molecular weight is 496 g/mol. The second-order valence-corrected chi connectivity index (χ2v) is 9.32. The standard InChI is InChI=1S/C24H26BrN5O2/c1-32-21-10-2-17(3-11-21)16-28-12-14-29(15-13-28)24(31)22-23(18-4-5-18)30(27-26-22)20-8-6-19(25)7-9-20/h2-3,6-11,18H,4-5,12-16H2,1H3. The first-order chi connectivity index (χ1) is 15.6. The Morgan fingerprint density at radius 1 is 1.03 bits per heavy atom. The van der Waals surface area contributed by atoms with E-state index in [9.17, 15) is 4.79 Å². The van der Waals surface area contributed by atoms with Gasteiger partial charge in [0.05, 0.1) is 18.5 Å². The summed E-state index contributed by atoms with van der Waals surface area (Å²) in [7, 11) is 1.68. The molecule has 2 aliphatic rings. The predicted octanol–water partition coefficient (Wildman–Crippen LogP) is 3.87. The quantitative estimate of drug-likeness (QED) is 0.519. The van der Waals surface area contributed by atoms with Gasteiger partial charge in [-0.15, -0.1) is 5.10 Å². The van der Waals surface area contributed by atoms with Crippen molar-refractivity contribution < 1.29 is 9.53 Å². The Bertz CT molecular complexity index is 1080. The van der Waals surface area contributed by atoms with Gasteiger partial charge in [0.2, 0.25) is 0 Å². The molecule has 2 fully saturated rings. The second-order valence-electron chi connectivity index (χ2n) is 8.40. The van der Waals surface area contributed by atoms with Gasteiger partial charge in [-0.25, -0.2) is 4.68 Å². The fraction of sp³-hybridized carbons (Fsp3) is 0.375. The van der Waals surface area contributed by atoms with Crippen molar-refractivity contribution in [3.63, 3.8) is 0 Å². The molecule has 32 heavy (non-hydrogen) atoms. The van der Waals surface area contributed by atoms with Gasteiger partial charge in [-0.3, -0.25) is 9.69 Å². The monoisotopic (exact) mass is 495 g/mol. The fourth-order valence-electron chi connectivity index (χ4n) is 4.19. The summed E-state index contributed by atoms with van der Waals surface area (Å²) in [6.45, 7) is 3.96. The Morgan fingerprint density at radius 2 is 1.72 bits per heavy atom. The van der Waals surface area contributed by atoms with Crippen molar-refractivity contribution in [1.29, 1.82) is 0 Å². The maximum Gasteiger partial charge on any atom is 0.276 e. The molecule has 1 aliphatic heterocycles. The summed E-state index contributed by atoms with van der Waals surface area (Å²) in [5.41, 5.74) is 3.65. The van der Waals surface area contributed by atoms with Crippen molar-refractivity contribution >= 4 is 21.8 Å². The van der Waals surface area contributed by atoms with Gasteiger partial charge >= 0.3 is 0 Å². The van der Waals surface area contributed by atoms with E-state index in [0.29, 0.717) is 24.7 Å². The number of hydrogen-bond acceptors (Lipinski definition) is 5. The summed E-state index contributed by atoms with van der Waals surface area (Å²) in [6.07, 6.45) is 2.17. The van der Waals surface area contributed by atoms with Crippen LogP contribution in [0.4, 0.5) is 0 Å². The van der Waals surface area contributed by atoms with Crippen LogP contribution in [0.25, 0.3) is 5.69 Å². The fourth-order valence-corrected chi connectivity index (χ4v) is 4.45. The van der Waals surface area contributed by atoms with E-state index in [4.69, 9.17) is 4.74 Å². The number of benzene rings is 2. The van der Waals surface area contributed by atoms with Crippen molar-refractivity contribution in [2.75, 3.05) is 33.3 Å². The van der Waals surface area contributed by atoms with Crippen LogP contribution in [0.15, 0.2) is 53.0 Å². The second kappa shape index (κ2) is 9.03. The first-order valence-corrected chi connectivity index (χ1v) is 11.8. The van der Waals surface area contributed by atoms with Crippen molar-refractivity contribution in [2.24, 2.45) is 0 Å². The third kappa shape index (κ3) is 4.42. The summed E-state index contributed by atoms with van der Waals surface area (Å²) in [5, 5.41) is 8.70. The molecule has 1 aliphatic carbocycles. The average Bonchev–Trinajstić information content (AvgIpc) is 3.58. The molecular weight excluding hydrogens is 470 g/mol. The number of piperazine rings is 1. The van der Waals surface area contributed by atoms with Crippen molar-refractivity contribution in [1.82, 2.24) is 24.8 Å². The number of carbonyl (C=O) groups excluding carboxylic acids is 1. The highest BCUT2D eigenvalue weighted by Gasteiger charge is 2.36. The van der Waals surface area contributed by atoms with Gasteiger partial charge in [0.1, 0.15) is 5.75 Å². The molecule has 1 saturated carbocycles. The molecule has 2 aromatic carbocycles. The summed E-state index contributed by atoms with van der Waals surface area (Å²) in [4.78, 5) is 17.7. The largest absolute Gasteiger partial charge is 0.497 e. The first kappa shape index (κ1) is 21.2. The van der Waals surface area contributed by atoms with E-state index in [1.54, 1.807) is 7.11 Å². The third-order valence-corrected chi connectivity index (χ3v) is 6.70. The molecule has 3 aromatic rings. The highest BCUT2D eigenvalue weighted by Crippen LogP contribution is 2.42. The summed E-state index contributed by atoms with van der Waals surface area (Å²) in [5.74, 6) is 1.23. The molecule has 0 atom stereocenters. The first-order valence-electron chi connectivity index (χ1n) is 11.0. The van der Waals surface area contributed by atoms with E-state index in [-0.39, 0.29) is 5.91 Å². The minimum absolute atomic E-state index is 0.000593. The third-order valence-electron chi connectivity index (χ3n) is 6.17. The lowest BCUT2D eigenvalue weighted by atomic mass is 10.1. The lowest BCUT2D eigenvalue weighted by molar-refractivity contribution is 0.0621. The number of ether oxygens (including phenoxy) is 1. The van der Waals surface area contributed by atoms with Gasteiger partial charge in [0, 0.05) is 43.1 Å². The molecule has 166 valence electrons. The number of carbonyl (C=O) groups is 1. The molecule has 5 rings (SSSR count). The number of amides is 1. The lowest BCUT2D eigenvalue weighted by Crippen LogP contribution is -2.48. The van der Waals surface area contributed by atoms with E-state index in [0.717, 1.165) is 54.1 Å². The minimum atomic E-state index is -0.000593. The van der Waals surface area contributed by atoms with Gasteiger partial charge in [0.25, 0.3) is 5.91 Å². The Kier molecular flexibility index (Phi) is 5.97. The minimum Gasteiger partial charge on any atom is -0.497 e. The van der Waals surface area contributed by atoms with Crippen LogP contribution >= 0.6 is 15.9 Å². The smallest absolute Gasteiger partial charge is 0.276 e. The molecule has 0 bridgehead atoms. The summed E-state index contributed by atoms with van der Waals surface area (Å²) >= 11 is 3.47. The Balaban J connectivity index is 1.26. The normalized spacial score (nSPS) is 16.9. The predicted molar refractivity (Wildman–Crippen MR) is 125 cm³/mol. The van der Waals surface area contributed by atoms with Crippen LogP contribution < -0.4 is 4.74 Å². The zero-order valence-electron chi connectivity index (χ0n) is 18.1. The van der Waals surface area contributed by atoms with Crippen LogP contribution in [-0.2, 0) is 6.54 Å². The Labute approximate surface area is 196 Å². The van der Waals surface area contributed by atoms with Gasteiger partial charge in [-0.05, 0) is 54.8 Å². The highest BCUT2D eigenvalue weighted by molar-refractivity contribution is 9.10. The van der Waals surface area contributed by atoms with Crippen LogP contribution in [0.3, 0.4) is 0 Å². The molecule has 0 N–H and O–H groups in total. The molecule has 8 heteroatoms. The zero-order valence-corrected chi connectivity index (χ0v) is 19.7. The number of methoxy groups -OCH3 is 1. The van der Waals surface area contributed by atoms with Gasteiger partial charge in [0.15, 0.2) is 5.69 Å². The number of rotatable bonds is 6. The van der Waals surface area contributed by atoms with Gasteiger partial charge in [-0.2, -0.15) is 0 Å². The molecule has 1 amide bonds. The molecule has 2 heterocycles. The molecule has 0 spiro atoms.